The second-order valence-electron chi connectivity index (χ2n) is 5.58. The first-order valence-electron chi connectivity index (χ1n) is 7.94. The predicted octanol–water partition coefficient (Wildman–Crippen LogP) is 2.43. The van der Waals surface area contributed by atoms with Crippen molar-refractivity contribution in [3.63, 3.8) is 0 Å². The minimum absolute atomic E-state index is 0.147. The lowest BCUT2D eigenvalue weighted by Gasteiger charge is -2.34. The van der Waals surface area contributed by atoms with Gasteiger partial charge >= 0.3 is 11.8 Å². The summed E-state index contributed by atoms with van der Waals surface area (Å²) in [6, 6.07) is 5.20. The van der Waals surface area contributed by atoms with Crippen molar-refractivity contribution in [3.8, 4) is 11.5 Å². The Morgan fingerprint density at radius 2 is 2.04 bits per heavy atom. The van der Waals surface area contributed by atoms with E-state index in [1.54, 1.807) is 23.1 Å². The van der Waals surface area contributed by atoms with Crippen molar-refractivity contribution in [1.82, 2.24) is 4.90 Å². The molecule has 0 aromatic heterocycles. The minimum Gasteiger partial charge on any atom is -0.497 e. The monoisotopic (exact) mass is 320 g/mol. The van der Waals surface area contributed by atoms with E-state index in [1.165, 1.54) is 14.2 Å². The number of ether oxygens (including phenoxy) is 2. The van der Waals surface area contributed by atoms with Gasteiger partial charge in [-0.25, -0.2) is 0 Å². The number of nitrogens with zero attached hydrogens (tertiary/aromatic N) is 1. The number of piperidine rings is 1. The van der Waals surface area contributed by atoms with Gasteiger partial charge in [-0.05, 0) is 37.8 Å². The lowest BCUT2D eigenvalue weighted by atomic mass is 10.00. The lowest BCUT2D eigenvalue weighted by Crippen LogP contribution is -2.48. The van der Waals surface area contributed by atoms with E-state index in [1.807, 2.05) is 6.92 Å². The van der Waals surface area contributed by atoms with Crippen LogP contribution in [0, 0.1) is 0 Å². The fourth-order valence-electron chi connectivity index (χ4n) is 2.91. The molecular weight excluding hydrogens is 296 g/mol. The highest BCUT2D eigenvalue weighted by molar-refractivity contribution is 6.39. The van der Waals surface area contributed by atoms with Crippen molar-refractivity contribution in [2.24, 2.45) is 0 Å². The number of anilines is 1. The van der Waals surface area contributed by atoms with Gasteiger partial charge in [0.1, 0.15) is 11.5 Å². The van der Waals surface area contributed by atoms with E-state index in [9.17, 15) is 9.59 Å². The Labute approximate surface area is 136 Å². The van der Waals surface area contributed by atoms with Gasteiger partial charge in [0.25, 0.3) is 0 Å². The van der Waals surface area contributed by atoms with Crippen molar-refractivity contribution in [2.75, 3.05) is 26.1 Å². The van der Waals surface area contributed by atoms with Crippen LogP contribution in [0.25, 0.3) is 0 Å². The molecule has 0 saturated carbocycles. The molecule has 1 unspecified atom stereocenters. The summed E-state index contributed by atoms with van der Waals surface area (Å²) in [6.45, 7) is 2.68. The summed E-state index contributed by atoms with van der Waals surface area (Å²) < 4.78 is 10.4. The van der Waals surface area contributed by atoms with Crippen LogP contribution in [-0.4, -0.2) is 43.5 Å². The maximum absolute atomic E-state index is 12.5. The quantitative estimate of drug-likeness (QED) is 0.865. The molecule has 2 rings (SSSR count). The van der Waals surface area contributed by atoms with Crippen molar-refractivity contribution < 1.29 is 19.1 Å². The van der Waals surface area contributed by atoms with Crippen LogP contribution >= 0.6 is 0 Å². The topological polar surface area (TPSA) is 67.9 Å². The highest BCUT2D eigenvalue weighted by atomic mass is 16.5. The molecule has 1 heterocycles. The fraction of sp³-hybridized carbons (Fsp3) is 0.529. The molecule has 0 aliphatic carbocycles. The van der Waals surface area contributed by atoms with Gasteiger partial charge in [-0.1, -0.05) is 6.92 Å². The second-order valence-corrected chi connectivity index (χ2v) is 5.58. The third-order valence-corrected chi connectivity index (χ3v) is 4.21. The fourth-order valence-corrected chi connectivity index (χ4v) is 2.91. The van der Waals surface area contributed by atoms with Gasteiger partial charge in [0.15, 0.2) is 0 Å². The number of benzene rings is 1. The zero-order valence-corrected chi connectivity index (χ0v) is 13.9. The van der Waals surface area contributed by atoms with Crippen LogP contribution in [0.3, 0.4) is 0 Å². The largest absolute Gasteiger partial charge is 0.497 e. The van der Waals surface area contributed by atoms with Gasteiger partial charge in [-0.2, -0.15) is 0 Å². The number of nitrogens with one attached hydrogen (secondary N) is 1. The summed E-state index contributed by atoms with van der Waals surface area (Å²) in [6.07, 6.45) is 3.87. The van der Waals surface area contributed by atoms with Crippen molar-refractivity contribution in [3.05, 3.63) is 18.2 Å². The SMILES string of the molecule is CCC1CCCCN1C(=O)C(=O)Nc1cc(OC)ccc1OC. The molecule has 1 aromatic rings. The van der Waals surface area contributed by atoms with Gasteiger partial charge in [0.2, 0.25) is 0 Å². The van der Waals surface area contributed by atoms with Crippen LogP contribution in [0.15, 0.2) is 18.2 Å². The highest BCUT2D eigenvalue weighted by Gasteiger charge is 2.30. The highest BCUT2D eigenvalue weighted by Crippen LogP contribution is 2.29. The third kappa shape index (κ3) is 3.94. The molecule has 1 aliphatic heterocycles. The molecule has 0 radical (unpaired) electrons. The first kappa shape index (κ1) is 17.1. The molecule has 0 bridgehead atoms. The number of amides is 2. The Morgan fingerprint density at radius 3 is 2.70 bits per heavy atom. The Hall–Kier alpha value is -2.24. The molecule has 1 aliphatic rings. The zero-order valence-electron chi connectivity index (χ0n) is 13.9. The predicted molar refractivity (Wildman–Crippen MR) is 87.8 cm³/mol. The number of carbonyl (C=O) groups is 2. The number of methoxy groups -OCH3 is 2. The summed E-state index contributed by atoms with van der Waals surface area (Å²) in [5.74, 6) is -0.0612. The van der Waals surface area contributed by atoms with Crippen molar-refractivity contribution >= 4 is 17.5 Å². The van der Waals surface area contributed by atoms with E-state index in [0.29, 0.717) is 23.7 Å². The molecule has 6 heteroatoms. The lowest BCUT2D eigenvalue weighted by molar-refractivity contribution is -0.145. The Bertz CT molecular complexity index is 574. The molecule has 1 saturated heterocycles. The molecule has 0 spiro atoms. The molecule has 2 amide bonds. The molecule has 1 N–H and O–H groups in total. The molecule has 126 valence electrons. The standard InChI is InChI=1S/C17H24N2O4/c1-4-12-7-5-6-10-19(12)17(21)16(20)18-14-11-13(22-2)8-9-15(14)23-3/h8-9,11-12H,4-7,10H2,1-3H3,(H,18,20). The van der Waals surface area contributed by atoms with Crippen LogP contribution in [0.4, 0.5) is 5.69 Å². The number of hydrogen-bond acceptors (Lipinski definition) is 4. The minimum atomic E-state index is -0.642. The average Bonchev–Trinajstić information content (AvgIpc) is 2.60. The van der Waals surface area contributed by atoms with Crippen molar-refractivity contribution in [2.45, 2.75) is 38.6 Å². The van der Waals surface area contributed by atoms with Gasteiger partial charge in [-0.3, -0.25) is 9.59 Å². The Morgan fingerprint density at radius 1 is 1.26 bits per heavy atom. The van der Waals surface area contributed by atoms with Crippen LogP contribution in [0.5, 0.6) is 11.5 Å². The average molecular weight is 320 g/mol. The summed E-state index contributed by atoms with van der Waals surface area (Å²) in [5.41, 5.74) is 0.426. The summed E-state index contributed by atoms with van der Waals surface area (Å²) in [4.78, 5) is 26.5. The van der Waals surface area contributed by atoms with Gasteiger partial charge in [-0.15, -0.1) is 0 Å². The first-order chi connectivity index (χ1) is 11.1. The Balaban J connectivity index is 2.13. The molecular formula is C17H24N2O4. The first-order valence-corrected chi connectivity index (χ1v) is 7.94. The number of carbonyl (C=O) groups excluding carboxylic acids is 2. The molecule has 6 nitrogen and oxygen atoms in total. The molecule has 1 atom stereocenters. The van der Waals surface area contributed by atoms with Gasteiger partial charge < -0.3 is 19.7 Å². The maximum atomic E-state index is 12.5. The number of likely N-dealkylation sites (tertiary alicyclic amines) is 1. The van der Waals surface area contributed by atoms with Crippen LogP contribution in [-0.2, 0) is 9.59 Å². The van der Waals surface area contributed by atoms with E-state index in [2.05, 4.69) is 5.32 Å². The van der Waals surface area contributed by atoms with E-state index in [-0.39, 0.29) is 6.04 Å². The summed E-state index contributed by atoms with van der Waals surface area (Å²) >= 11 is 0. The van der Waals surface area contributed by atoms with Gasteiger partial charge in [0, 0.05) is 18.7 Å². The molecule has 1 fully saturated rings. The van der Waals surface area contributed by atoms with E-state index >= 15 is 0 Å². The third-order valence-electron chi connectivity index (χ3n) is 4.21. The van der Waals surface area contributed by atoms with E-state index < -0.39 is 11.8 Å². The molecule has 23 heavy (non-hydrogen) atoms. The van der Waals surface area contributed by atoms with Crippen LogP contribution in [0.1, 0.15) is 32.6 Å². The smallest absolute Gasteiger partial charge is 0.314 e. The second kappa shape index (κ2) is 7.85. The van der Waals surface area contributed by atoms with Crippen LogP contribution in [0.2, 0.25) is 0 Å². The van der Waals surface area contributed by atoms with E-state index in [4.69, 9.17) is 9.47 Å². The van der Waals surface area contributed by atoms with Crippen molar-refractivity contribution in [1.29, 1.82) is 0 Å². The van der Waals surface area contributed by atoms with Crippen LogP contribution < -0.4 is 14.8 Å². The summed E-state index contributed by atoms with van der Waals surface area (Å²) in [5, 5.41) is 2.64. The van der Waals surface area contributed by atoms with Gasteiger partial charge in [0.05, 0.1) is 19.9 Å². The number of rotatable bonds is 4. The zero-order chi connectivity index (χ0) is 16.8. The summed E-state index contributed by atoms with van der Waals surface area (Å²) in [7, 11) is 3.05. The Kier molecular flexibility index (Phi) is 5.84. The molecule has 1 aromatic carbocycles. The van der Waals surface area contributed by atoms with E-state index in [0.717, 1.165) is 25.7 Å². The number of hydrogen-bond donors (Lipinski definition) is 1. The maximum Gasteiger partial charge on any atom is 0.314 e. The normalized spacial score (nSPS) is 17.5.